The van der Waals surface area contributed by atoms with Crippen LogP contribution in [0.2, 0.25) is 0 Å². The summed E-state index contributed by atoms with van der Waals surface area (Å²) >= 11 is 0. The molecular formula is C54H40O22. The zero-order valence-corrected chi connectivity index (χ0v) is 39.1. The van der Waals surface area contributed by atoms with E-state index in [4.69, 9.17) is 29.3 Å². The van der Waals surface area contributed by atoms with Crippen LogP contribution >= 0.6 is 0 Å². The first kappa shape index (κ1) is 53.4. The molecule has 0 bridgehead atoms. The zero-order valence-electron chi connectivity index (χ0n) is 39.1. The van der Waals surface area contributed by atoms with E-state index in [0.717, 1.165) is 36.4 Å². The van der Waals surface area contributed by atoms with Crippen molar-refractivity contribution >= 4 is 69.7 Å². The fourth-order valence-electron chi connectivity index (χ4n) is 8.57. The van der Waals surface area contributed by atoms with Crippen molar-refractivity contribution in [1.29, 1.82) is 0 Å². The van der Waals surface area contributed by atoms with Crippen molar-refractivity contribution < 1.29 is 98.3 Å². The van der Waals surface area contributed by atoms with Crippen LogP contribution in [0.1, 0.15) is 89.4 Å². The lowest BCUT2D eigenvalue weighted by Gasteiger charge is -2.19. The SMILES string of the molecule is O=C(O)CCc1cc2c(-c3cc(C(=O)O)ccc3C(=O)O)c3cc(CCC(=O)O)c(=O)cc-3oc2cc1O.O=C(O)CCc1cc2c(-c3ccc(C(=O)O)cc3C(=O)O)c3cc(CCC(=O)O)c(=O)cc-3oc2cc1O. The van der Waals surface area contributed by atoms with Crippen molar-refractivity contribution in [3.8, 4) is 56.4 Å². The van der Waals surface area contributed by atoms with E-state index in [1.54, 1.807) is 0 Å². The van der Waals surface area contributed by atoms with Crippen molar-refractivity contribution in [3.05, 3.63) is 150 Å². The number of aryl methyl sites for hydroxylation is 4. The maximum absolute atomic E-state index is 12.7. The Morgan fingerprint density at radius 2 is 0.750 bits per heavy atom. The number of aromatic carboxylic acids is 4. The summed E-state index contributed by atoms with van der Waals surface area (Å²) in [7, 11) is 0. The van der Waals surface area contributed by atoms with E-state index >= 15 is 0 Å². The highest BCUT2D eigenvalue weighted by Crippen LogP contribution is 2.45. The molecule has 10 N–H and O–H groups in total. The predicted octanol–water partition coefficient (Wildman–Crippen LogP) is 7.40. The maximum atomic E-state index is 12.7. The molecule has 0 saturated carbocycles. The molecule has 8 rings (SSSR count). The molecule has 2 aliphatic heterocycles. The number of benzene rings is 6. The van der Waals surface area contributed by atoms with Gasteiger partial charge in [-0.25, -0.2) is 19.2 Å². The molecule has 22 heteroatoms. The molecule has 388 valence electrons. The first-order valence-electron chi connectivity index (χ1n) is 22.5. The van der Waals surface area contributed by atoms with E-state index in [-0.39, 0.29) is 174 Å². The number of hydrogen-bond donors (Lipinski definition) is 10. The third kappa shape index (κ3) is 11.4. The second kappa shape index (κ2) is 21.8. The number of fused-ring (bicyclic) bond motifs is 4. The Morgan fingerprint density at radius 1 is 0.368 bits per heavy atom. The quantitative estimate of drug-likeness (QED) is 0.0374. The van der Waals surface area contributed by atoms with Crippen LogP contribution in [0.3, 0.4) is 0 Å². The second-order valence-electron chi connectivity index (χ2n) is 17.1. The molecular weight excluding hydrogens is 1000 g/mol. The van der Waals surface area contributed by atoms with Gasteiger partial charge in [-0.15, -0.1) is 0 Å². The molecule has 2 aliphatic carbocycles. The van der Waals surface area contributed by atoms with Gasteiger partial charge in [-0.1, -0.05) is 6.07 Å². The first-order valence-corrected chi connectivity index (χ1v) is 22.5. The van der Waals surface area contributed by atoms with E-state index in [2.05, 4.69) is 0 Å². The number of aromatic hydroxyl groups is 2. The molecule has 76 heavy (non-hydrogen) atoms. The van der Waals surface area contributed by atoms with Gasteiger partial charge in [0.2, 0.25) is 0 Å². The Bertz CT molecular complexity index is 3820. The van der Waals surface area contributed by atoms with Crippen molar-refractivity contribution in [2.24, 2.45) is 0 Å². The molecule has 22 nitrogen and oxygen atoms in total. The van der Waals surface area contributed by atoms with Gasteiger partial charge in [-0.3, -0.25) is 28.8 Å². The second-order valence-corrected chi connectivity index (χ2v) is 17.1. The molecule has 0 spiro atoms. The summed E-state index contributed by atoms with van der Waals surface area (Å²) < 4.78 is 11.7. The van der Waals surface area contributed by atoms with E-state index in [0.29, 0.717) is 0 Å². The molecule has 0 amide bonds. The Morgan fingerprint density at radius 3 is 1.14 bits per heavy atom. The minimum Gasteiger partial charge on any atom is -0.508 e. The fourth-order valence-corrected chi connectivity index (χ4v) is 8.57. The van der Waals surface area contributed by atoms with E-state index in [9.17, 15) is 78.6 Å². The molecule has 4 aliphatic rings. The number of phenols is 2. The molecule has 4 aromatic carbocycles. The summed E-state index contributed by atoms with van der Waals surface area (Å²) in [6.45, 7) is 0. The van der Waals surface area contributed by atoms with Gasteiger partial charge in [-0.05, 0) is 103 Å². The third-order valence-corrected chi connectivity index (χ3v) is 12.2. The summed E-state index contributed by atoms with van der Waals surface area (Å²) in [5, 5.41) is 96.5. The first-order chi connectivity index (χ1) is 35.9. The molecule has 4 aromatic rings. The smallest absolute Gasteiger partial charge is 0.336 e. The van der Waals surface area contributed by atoms with Crippen molar-refractivity contribution in [2.45, 2.75) is 51.4 Å². The highest BCUT2D eigenvalue weighted by Gasteiger charge is 2.28. The summed E-state index contributed by atoms with van der Waals surface area (Å²) in [4.78, 5) is 117. The third-order valence-electron chi connectivity index (χ3n) is 12.2. The molecule has 0 unspecified atom stereocenters. The van der Waals surface area contributed by atoms with Gasteiger partial charge in [0.05, 0.1) is 22.3 Å². The monoisotopic (exact) mass is 1040 g/mol. The Labute approximate surface area is 424 Å². The average Bonchev–Trinajstić information content (AvgIpc) is 3.34. The van der Waals surface area contributed by atoms with Crippen LogP contribution < -0.4 is 10.9 Å². The average molecular weight is 1040 g/mol. The number of aliphatic carboxylic acids is 4. The van der Waals surface area contributed by atoms with Gasteiger partial charge >= 0.3 is 47.8 Å². The van der Waals surface area contributed by atoms with Crippen molar-refractivity contribution in [1.82, 2.24) is 0 Å². The summed E-state index contributed by atoms with van der Waals surface area (Å²) in [5.41, 5.74) is -0.462. The number of rotatable bonds is 18. The van der Waals surface area contributed by atoms with Gasteiger partial charge in [0, 0.05) is 94.1 Å². The van der Waals surface area contributed by atoms with Crippen LogP contribution in [-0.4, -0.2) is 98.8 Å². The lowest BCUT2D eigenvalue weighted by atomic mass is 9.87. The largest absolute Gasteiger partial charge is 0.508 e. The number of carboxylic acid groups (broad SMARTS) is 8. The minimum absolute atomic E-state index is 0.00803. The number of hydrogen-bond acceptors (Lipinski definition) is 14. The summed E-state index contributed by atoms with van der Waals surface area (Å²) in [5.74, 6) is -10.5. The number of carbonyl (C=O) groups is 8. The van der Waals surface area contributed by atoms with Crippen LogP contribution in [-0.2, 0) is 44.9 Å². The van der Waals surface area contributed by atoms with Crippen LogP contribution in [0.4, 0.5) is 0 Å². The molecule has 0 aromatic heterocycles. The normalized spacial score (nSPS) is 11.1. The standard InChI is InChI=1S/2C27H20O11/c28-19-10-21-17(7-12(19)2-5-23(30)31)25(16-9-14(26(34)35)1-4-15(16)27(36)37)18-8-13(3-6-24(32)33)20(29)11-22(18)38-21;28-19-10-21-17(7-12(19)2-5-23(30)31)25(15-4-1-14(26(34)35)9-16(15)27(36)37)18-8-13(3-6-24(32)33)20(29)11-22(18)38-21/h2*1,4,7-11,28H,2-3,5-6H2,(H,30,31)(H,32,33)(H,34,35)(H,36,37). The lowest BCUT2D eigenvalue weighted by Crippen LogP contribution is -2.12. The highest BCUT2D eigenvalue weighted by molar-refractivity contribution is 6.10. The zero-order chi connectivity index (χ0) is 55.4. The molecule has 0 radical (unpaired) electrons. The molecule has 0 saturated heterocycles. The molecule has 0 fully saturated rings. The van der Waals surface area contributed by atoms with Crippen LogP contribution in [0.25, 0.3) is 66.8 Å². The van der Waals surface area contributed by atoms with E-state index < -0.39 is 58.6 Å². The van der Waals surface area contributed by atoms with Gasteiger partial charge in [-0.2, -0.15) is 0 Å². The van der Waals surface area contributed by atoms with Gasteiger partial charge in [0.25, 0.3) is 0 Å². The Balaban J connectivity index is 0.000000221. The topological polar surface area (TPSA) is 399 Å². The number of phenolic OH excluding ortho intramolecular Hbond substituents is 2. The molecule has 2 heterocycles. The Kier molecular flexibility index (Phi) is 15.3. The van der Waals surface area contributed by atoms with Gasteiger partial charge in [0.15, 0.2) is 10.9 Å². The van der Waals surface area contributed by atoms with Crippen LogP contribution in [0.5, 0.6) is 11.5 Å². The van der Waals surface area contributed by atoms with Crippen molar-refractivity contribution in [3.63, 3.8) is 0 Å². The fraction of sp³-hybridized carbons (Fsp3) is 0.148. The van der Waals surface area contributed by atoms with E-state index in [1.165, 1.54) is 48.5 Å². The summed E-state index contributed by atoms with van der Waals surface area (Å²) in [6.07, 6.45) is -1.64. The van der Waals surface area contributed by atoms with E-state index in [1.807, 2.05) is 0 Å². The Hall–Kier alpha value is -10.4. The van der Waals surface area contributed by atoms with Crippen LogP contribution in [0.15, 0.2) is 103 Å². The number of carboxylic acids is 8. The van der Waals surface area contributed by atoms with Gasteiger partial charge in [0.1, 0.15) is 34.2 Å². The lowest BCUT2D eigenvalue weighted by molar-refractivity contribution is -0.138. The predicted molar refractivity (Wildman–Crippen MR) is 264 cm³/mol. The maximum Gasteiger partial charge on any atom is 0.336 e. The highest BCUT2D eigenvalue weighted by atomic mass is 16.4. The minimum atomic E-state index is -1.43. The van der Waals surface area contributed by atoms with Gasteiger partial charge < -0.3 is 59.9 Å². The summed E-state index contributed by atoms with van der Waals surface area (Å²) in [6, 6.07) is 17.3. The molecule has 0 atom stereocenters. The van der Waals surface area contributed by atoms with Crippen molar-refractivity contribution in [2.75, 3.05) is 0 Å². The van der Waals surface area contributed by atoms with Crippen LogP contribution in [0, 0.1) is 0 Å².